The van der Waals surface area contributed by atoms with Crippen LogP contribution in [0.15, 0.2) is 12.3 Å². The van der Waals surface area contributed by atoms with Crippen molar-refractivity contribution in [2.24, 2.45) is 5.92 Å². The summed E-state index contributed by atoms with van der Waals surface area (Å²) < 4.78 is 0. The highest BCUT2D eigenvalue weighted by atomic mass is 16.6. The first kappa shape index (κ1) is 16.1. The highest BCUT2D eigenvalue weighted by molar-refractivity contribution is 5.50. The van der Waals surface area contributed by atoms with Gasteiger partial charge in [-0.05, 0) is 37.7 Å². The maximum Gasteiger partial charge on any atom is 0.287 e. The van der Waals surface area contributed by atoms with Gasteiger partial charge in [-0.25, -0.2) is 4.98 Å². The second-order valence-electron chi connectivity index (χ2n) is 6.75. The average Bonchev–Trinajstić information content (AvgIpc) is 2.92. The van der Waals surface area contributed by atoms with Gasteiger partial charge in [-0.1, -0.05) is 0 Å². The van der Waals surface area contributed by atoms with Crippen LogP contribution in [0, 0.1) is 23.0 Å². The van der Waals surface area contributed by atoms with Gasteiger partial charge in [-0.3, -0.25) is 10.1 Å². The van der Waals surface area contributed by atoms with Crippen LogP contribution in [0.3, 0.4) is 0 Å². The number of nitrogens with zero attached hydrogens (tertiary/aromatic N) is 4. The summed E-state index contributed by atoms with van der Waals surface area (Å²) in [4.78, 5) is 19.4. The van der Waals surface area contributed by atoms with Crippen LogP contribution in [0.1, 0.15) is 24.8 Å². The van der Waals surface area contributed by atoms with Gasteiger partial charge in [-0.15, -0.1) is 0 Å². The Morgan fingerprint density at radius 1 is 1.39 bits per heavy atom. The fourth-order valence-corrected chi connectivity index (χ4v) is 3.73. The zero-order chi connectivity index (χ0) is 16.4. The number of likely N-dealkylation sites (tertiary alicyclic amines) is 1. The number of hydrogen-bond acceptors (Lipinski definition) is 6. The Balaban J connectivity index is 1.65. The van der Waals surface area contributed by atoms with Crippen molar-refractivity contribution in [3.05, 3.63) is 27.9 Å². The largest absolute Gasteiger partial charge is 0.392 e. The third-order valence-corrected chi connectivity index (χ3v) is 4.83. The molecule has 7 heteroatoms. The van der Waals surface area contributed by atoms with Crippen molar-refractivity contribution in [2.45, 2.75) is 32.3 Å². The molecule has 2 saturated heterocycles. The number of rotatable bonds is 4. The minimum Gasteiger partial charge on any atom is -0.392 e. The van der Waals surface area contributed by atoms with Gasteiger partial charge in [0.05, 0.1) is 11.0 Å². The summed E-state index contributed by atoms with van der Waals surface area (Å²) in [6.07, 6.45) is 4.35. The first-order valence-corrected chi connectivity index (χ1v) is 8.29. The van der Waals surface area contributed by atoms with E-state index in [1.54, 1.807) is 6.07 Å². The highest BCUT2D eigenvalue weighted by Crippen LogP contribution is 2.27. The predicted molar refractivity (Wildman–Crippen MR) is 87.6 cm³/mol. The van der Waals surface area contributed by atoms with Crippen LogP contribution in [-0.4, -0.2) is 58.7 Å². The number of aromatic nitrogens is 1. The van der Waals surface area contributed by atoms with E-state index < -0.39 is 4.92 Å². The molecule has 2 aliphatic rings. The zero-order valence-electron chi connectivity index (χ0n) is 13.5. The number of nitro groups is 1. The van der Waals surface area contributed by atoms with Gasteiger partial charge < -0.3 is 14.9 Å². The summed E-state index contributed by atoms with van der Waals surface area (Å²) in [7, 11) is 0. The number of aliphatic hydroxyl groups is 1. The van der Waals surface area contributed by atoms with Crippen molar-refractivity contribution in [3.8, 4) is 0 Å². The molecule has 23 heavy (non-hydrogen) atoms. The lowest BCUT2D eigenvalue weighted by molar-refractivity contribution is -0.385. The van der Waals surface area contributed by atoms with Crippen molar-refractivity contribution in [1.29, 1.82) is 0 Å². The van der Waals surface area contributed by atoms with Gasteiger partial charge in [0.2, 0.25) is 0 Å². The van der Waals surface area contributed by atoms with E-state index in [1.807, 2.05) is 6.92 Å². The lowest BCUT2D eigenvalue weighted by Gasteiger charge is -2.36. The Labute approximate surface area is 136 Å². The van der Waals surface area contributed by atoms with Crippen molar-refractivity contribution in [1.82, 2.24) is 9.88 Å². The number of aliphatic hydroxyl groups excluding tert-OH is 1. The number of β-amino-alcohol motifs (C(OH)–C–C–N with tert-alkyl or cyclic N) is 1. The molecule has 126 valence electrons. The first-order chi connectivity index (χ1) is 11.0. The molecular weight excluding hydrogens is 296 g/mol. The second kappa shape index (κ2) is 6.80. The van der Waals surface area contributed by atoms with Crippen molar-refractivity contribution in [3.63, 3.8) is 0 Å². The maximum absolute atomic E-state index is 10.8. The lowest BCUT2D eigenvalue weighted by Crippen LogP contribution is -2.41. The monoisotopic (exact) mass is 320 g/mol. The SMILES string of the molecule is Cc1cc([N+](=O)[O-])cnc1N1CCCC(CN2CCC(O)C2)C1. The number of hydrogen-bond donors (Lipinski definition) is 1. The molecule has 2 fully saturated rings. The fraction of sp³-hybridized carbons (Fsp3) is 0.688. The standard InChI is InChI=1S/C16H24N4O3/c1-12-7-14(20(22)23)8-17-16(12)19-5-2-3-13(10-19)9-18-6-4-15(21)11-18/h7-8,13,15,21H,2-6,9-11H2,1H3. The van der Waals surface area contributed by atoms with E-state index in [2.05, 4.69) is 14.8 Å². The van der Waals surface area contributed by atoms with E-state index >= 15 is 0 Å². The number of pyridine rings is 1. The zero-order valence-corrected chi connectivity index (χ0v) is 13.5. The molecule has 0 amide bonds. The molecule has 2 aliphatic heterocycles. The molecule has 2 unspecified atom stereocenters. The van der Waals surface area contributed by atoms with Crippen molar-refractivity contribution < 1.29 is 10.0 Å². The summed E-state index contributed by atoms with van der Waals surface area (Å²) in [6.45, 7) is 6.54. The molecule has 1 N–H and O–H groups in total. The van der Waals surface area contributed by atoms with Crippen LogP contribution < -0.4 is 4.90 Å². The van der Waals surface area contributed by atoms with Crippen LogP contribution in [0.2, 0.25) is 0 Å². The molecule has 2 atom stereocenters. The van der Waals surface area contributed by atoms with Crippen LogP contribution >= 0.6 is 0 Å². The van der Waals surface area contributed by atoms with Gasteiger partial charge in [0.1, 0.15) is 12.0 Å². The molecule has 0 spiro atoms. The minimum absolute atomic E-state index is 0.0471. The van der Waals surface area contributed by atoms with Crippen molar-refractivity contribution >= 4 is 11.5 Å². The van der Waals surface area contributed by atoms with E-state index in [9.17, 15) is 15.2 Å². The summed E-state index contributed by atoms with van der Waals surface area (Å²) in [6, 6.07) is 1.60. The molecule has 3 heterocycles. The van der Waals surface area contributed by atoms with Crippen molar-refractivity contribution in [2.75, 3.05) is 37.6 Å². The molecule has 0 radical (unpaired) electrons. The second-order valence-corrected chi connectivity index (χ2v) is 6.75. The Morgan fingerprint density at radius 3 is 2.87 bits per heavy atom. The molecule has 0 bridgehead atoms. The van der Waals surface area contributed by atoms with Gasteiger partial charge in [0.15, 0.2) is 0 Å². The average molecular weight is 320 g/mol. The van der Waals surface area contributed by atoms with Crippen LogP contribution in [0.4, 0.5) is 11.5 Å². The Kier molecular flexibility index (Phi) is 4.77. The molecule has 3 rings (SSSR count). The highest BCUT2D eigenvalue weighted by Gasteiger charge is 2.27. The summed E-state index contributed by atoms with van der Waals surface area (Å²) in [5, 5.41) is 20.5. The number of aryl methyl sites for hydroxylation is 1. The van der Waals surface area contributed by atoms with Crippen LogP contribution in [0.5, 0.6) is 0 Å². The van der Waals surface area contributed by atoms with Gasteiger partial charge in [0.25, 0.3) is 5.69 Å². The predicted octanol–water partition coefficient (Wildman–Crippen LogP) is 1.58. The number of anilines is 1. The molecule has 7 nitrogen and oxygen atoms in total. The molecule has 0 saturated carbocycles. The van der Waals surface area contributed by atoms with E-state index in [1.165, 1.54) is 12.6 Å². The van der Waals surface area contributed by atoms with Gasteiger partial charge in [0, 0.05) is 38.8 Å². The molecule has 1 aromatic rings. The Bertz CT molecular complexity index is 580. The van der Waals surface area contributed by atoms with E-state index in [4.69, 9.17) is 0 Å². The molecular formula is C16H24N4O3. The fourth-order valence-electron chi connectivity index (χ4n) is 3.73. The summed E-state index contributed by atoms with van der Waals surface area (Å²) >= 11 is 0. The summed E-state index contributed by atoms with van der Waals surface area (Å²) in [5.74, 6) is 1.42. The number of piperidine rings is 1. The topological polar surface area (TPSA) is 82.7 Å². The first-order valence-electron chi connectivity index (χ1n) is 8.29. The molecule has 0 aromatic carbocycles. The van der Waals surface area contributed by atoms with Gasteiger partial charge in [-0.2, -0.15) is 0 Å². The maximum atomic E-state index is 10.8. The molecule has 1 aromatic heterocycles. The minimum atomic E-state index is -0.401. The van der Waals surface area contributed by atoms with Crippen LogP contribution in [-0.2, 0) is 0 Å². The Hall–Kier alpha value is -1.73. The third-order valence-electron chi connectivity index (χ3n) is 4.83. The quantitative estimate of drug-likeness (QED) is 0.670. The third kappa shape index (κ3) is 3.79. The Morgan fingerprint density at radius 2 is 2.22 bits per heavy atom. The molecule has 0 aliphatic carbocycles. The smallest absolute Gasteiger partial charge is 0.287 e. The normalized spacial score (nSPS) is 25.7. The lowest BCUT2D eigenvalue weighted by atomic mass is 9.97. The van der Waals surface area contributed by atoms with E-state index in [0.717, 1.165) is 56.9 Å². The van der Waals surface area contributed by atoms with Crippen LogP contribution in [0.25, 0.3) is 0 Å². The van der Waals surface area contributed by atoms with E-state index in [-0.39, 0.29) is 11.8 Å². The summed E-state index contributed by atoms with van der Waals surface area (Å²) in [5.41, 5.74) is 0.905. The van der Waals surface area contributed by atoms with E-state index in [0.29, 0.717) is 5.92 Å². The van der Waals surface area contributed by atoms with Gasteiger partial charge >= 0.3 is 0 Å².